The molecule has 1 aliphatic carbocycles. The zero-order valence-corrected chi connectivity index (χ0v) is 9.39. The Labute approximate surface area is 99.9 Å². The Hall–Kier alpha value is -1.86. The third kappa shape index (κ3) is 2.45. The molecule has 0 heterocycles. The van der Waals surface area contributed by atoms with Crippen molar-refractivity contribution >= 4 is 5.97 Å². The van der Waals surface area contributed by atoms with Crippen molar-refractivity contribution in [2.24, 2.45) is 5.92 Å². The molecule has 88 valence electrons. The molecule has 1 saturated carbocycles. The van der Waals surface area contributed by atoms with E-state index in [1.54, 1.807) is 0 Å². The van der Waals surface area contributed by atoms with Gasteiger partial charge in [-0.05, 0) is 18.4 Å². The van der Waals surface area contributed by atoms with Crippen LogP contribution in [0.5, 0.6) is 0 Å². The lowest BCUT2D eigenvalue weighted by atomic mass is 9.69. The average molecular weight is 230 g/mol. The molecule has 0 spiro atoms. The number of hydrogen-bond donors (Lipinski definition) is 2. The normalized spacial score (nSPS) is 26.9. The lowest BCUT2D eigenvalue weighted by Gasteiger charge is -2.41. The number of carbonyl (C=O) groups is 1. The van der Waals surface area contributed by atoms with Crippen LogP contribution in [0.25, 0.3) is 0 Å². The molecular weight excluding hydrogens is 216 g/mol. The number of benzene rings is 1. The van der Waals surface area contributed by atoms with Crippen LogP contribution >= 0.6 is 0 Å². The fourth-order valence-electron chi connectivity index (χ4n) is 2.10. The van der Waals surface area contributed by atoms with E-state index in [4.69, 9.17) is 10.4 Å². The first-order valence-corrected chi connectivity index (χ1v) is 5.58. The van der Waals surface area contributed by atoms with Gasteiger partial charge >= 0.3 is 5.97 Å². The number of nitrogens with one attached hydrogen (secondary N) is 1. The van der Waals surface area contributed by atoms with Crippen LogP contribution in [0.1, 0.15) is 18.4 Å². The lowest BCUT2D eigenvalue weighted by molar-refractivity contribution is -0.146. The Bertz CT molecular complexity index is 444. The van der Waals surface area contributed by atoms with E-state index in [1.165, 1.54) is 0 Å². The number of nitriles is 1. The van der Waals surface area contributed by atoms with Gasteiger partial charge < -0.3 is 5.11 Å². The molecule has 1 aromatic rings. The van der Waals surface area contributed by atoms with Crippen LogP contribution < -0.4 is 5.32 Å². The second kappa shape index (κ2) is 4.56. The molecule has 0 amide bonds. The van der Waals surface area contributed by atoms with Gasteiger partial charge in [-0.3, -0.25) is 10.1 Å². The molecule has 4 nitrogen and oxygen atoms in total. The first-order chi connectivity index (χ1) is 8.15. The summed E-state index contributed by atoms with van der Waals surface area (Å²) in [4.78, 5) is 10.7. The fraction of sp³-hybridized carbons (Fsp3) is 0.385. The van der Waals surface area contributed by atoms with Gasteiger partial charge in [-0.25, -0.2) is 0 Å². The molecule has 0 bridgehead atoms. The summed E-state index contributed by atoms with van der Waals surface area (Å²) in [5.74, 6) is -1.18. The van der Waals surface area contributed by atoms with Gasteiger partial charge in [-0.2, -0.15) is 5.26 Å². The molecular formula is C13H14N2O2. The zero-order valence-electron chi connectivity index (χ0n) is 9.39. The molecule has 0 aromatic heterocycles. The van der Waals surface area contributed by atoms with E-state index in [9.17, 15) is 4.79 Å². The van der Waals surface area contributed by atoms with Crippen molar-refractivity contribution in [2.75, 3.05) is 0 Å². The van der Waals surface area contributed by atoms with E-state index in [2.05, 4.69) is 11.4 Å². The Morgan fingerprint density at radius 1 is 1.47 bits per heavy atom. The second-order valence-corrected chi connectivity index (χ2v) is 4.48. The van der Waals surface area contributed by atoms with Crippen molar-refractivity contribution in [1.29, 1.82) is 5.26 Å². The van der Waals surface area contributed by atoms with Gasteiger partial charge in [0, 0.05) is 6.54 Å². The van der Waals surface area contributed by atoms with Gasteiger partial charge in [-0.15, -0.1) is 0 Å². The molecule has 1 aromatic carbocycles. The molecule has 17 heavy (non-hydrogen) atoms. The summed E-state index contributed by atoms with van der Waals surface area (Å²) in [7, 11) is 0. The number of aliphatic carboxylic acids is 1. The van der Waals surface area contributed by atoms with Crippen molar-refractivity contribution < 1.29 is 9.90 Å². The van der Waals surface area contributed by atoms with Crippen molar-refractivity contribution in [3.05, 3.63) is 35.9 Å². The number of carboxylic acid groups (broad SMARTS) is 1. The number of nitrogens with zero attached hydrogens (tertiary/aromatic N) is 1. The standard InChI is InChI=1S/C13H14N2O2/c14-9-13(6-11(7-13)12(16)17)15-8-10-4-2-1-3-5-10/h1-5,11,15H,6-8H2,(H,16,17). The Morgan fingerprint density at radius 3 is 2.65 bits per heavy atom. The Morgan fingerprint density at radius 2 is 2.12 bits per heavy atom. The van der Waals surface area contributed by atoms with Gasteiger partial charge in [0.25, 0.3) is 0 Å². The van der Waals surface area contributed by atoms with Crippen LogP contribution in [-0.4, -0.2) is 16.6 Å². The predicted octanol–water partition coefficient (Wildman–Crippen LogP) is 1.53. The first kappa shape index (κ1) is 11.6. The molecule has 0 aliphatic heterocycles. The fourth-order valence-corrected chi connectivity index (χ4v) is 2.10. The highest BCUT2D eigenvalue weighted by Gasteiger charge is 2.47. The summed E-state index contributed by atoms with van der Waals surface area (Å²) < 4.78 is 0. The molecule has 0 radical (unpaired) electrons. The highest BCUT2D eigenvalue weighted by Crippen LogP contribution is 2.37. The third-order valence-electron chi connectivity index (χ3n) is 3.23. The summed E-state index contributed by atoms with van der Waals surface area (Å²) >= 11 is 0. The summed E-state index contributed by atoms with van der Waals surface area (Å²) in [6.45, 7) is 0.598. The molecule has 0 atom stereocenters. The van der Waals surface area contributed by atoms with E-state index >= 15 is 0 Å². The molecule has 2 rings (SSSR count). The maximum Gasteiger partial charge on any atom is 0.306 e. The highest BCUT2D eigenvalue weighted by atomic mass is 16.4. The Balaban J connectivity index is 1.91. The van der Waals surface area contributed by atoms with Gasteiger partial charge in [0.05, 0.1) is 12.0 Å². The van der Waals surface area contributed by atoms with Crippen LogP contribution in [0.3, 0.4) is 0 Å². The third-order valence-corrected chi connectivity index (χ3v) is 3.23. The summed E-state index contributed by atoms with van der Waals surface area (Å²) in [5.41, 5.74) is 0.444. The van der Waals surface area contributed by atoms with Crippen LogP contribution in [-0.2, 0) is 11.3 Å². The molecule has 4 heteroatoms. The van der Waals surface area contributed by atoms with Gasteiger partial charge in [-0.1, -0.05) is 30.3 Å². The molecule has 2 N–H and O–H groups in total. The number of carboxylic acids is 1. The Kier molecular flexibility index (Phi) is 3.12. The smallest absolute Gasteiger partial charge is 0.306 e. The maximum absolute atomic E-state index is 10.7. The monoisotopic (exact) mass is 230 g/mol. The van der Waals surface area contributed by atoms with E-state index < -0.39 is 11.5 Å². The molecule has 1 aliphatic rings. The van der Waals surface area contributed by atoms with E-state index in [0.29, 0.717) is 19.4 Å². The second-order valence-electron chi connectivity index (χ2n) is 4.48. The van der Waals surface area contributed by atoms with Crippen molar-refractivity contribution in [1.82, 2.24) is 5.32 Å². The minimum absolute atomic E-state index is 0.377. The van der Waals surface area contributed by atoms with Gasteiger partial charge in [0.1, 0.15) is 5.54 Å². The largest absolute Gasteiger partial charge is 0.481 e. The highest BCUT2D eigenvalue weighted by molar-refractivity contribution is 5.72. The van der Waals surface area contributed by atoms with Crippen LogP contribution in [0.4, 0.5) is 0 Å². The van der Waals surface area contributed by atoms with Gasteiger partial charge in [0.15, 0.2) is 0 Å². The minimum atomic E-state index is -0.808. The quantitative estimate of drug-likeness (QED) is 0.822. The van der Waals surface area contributed by atoms with Crippen LogP contribution in [0.15, 0.2) is 30.3 Å². The summed E-state index contributed by atoms with van der Waals surface area (Å²) in [6.07, 6.45) is 0.789. The lowest BCUT2D eigenvalue weighted by Crippen LogP contribution is -2.55. The van der Waals surface area contributed by atoms with Crippen molar-refractivity contribution in [2.45, 2.75) is 24.9 Å². The maximum atomic E-state index is 10.7. The van der Waals surface area contributed by atoms with E-state index in [1.807, 2.05) is 30.3 Å². The first-order valence-electron chi connectivity index (χ1n) is 5.58. The van der Waals surface area contributed by atoms with E-state index in [-0.39, 0.29) is 5.92 Å². The zero-order chi connectivity index (χ0) is 12.3. The summed E-state index contributed by atoms with van der Waals surface area (Å²) in [5, 5.41) is 21.1. The number of hydrogen-bond acceptors (Lipinski definition) is 3. The minimum Gasteiger partial charge on any atom is -0.481 e. The SMILES string of the molecule is N#CC1(NCc2ccccc2)CC(C(=O)O)C1. The predicted molar refractivity (Wildman–Crippen MR) is 62.0 cm³/mol. The average Bonchev–Trinajstić information content (AvgIpc) is 2.29. The molecule has 0 saturated heterocycles. The summed E-state index contributed by atoms with van der Waals surface area (Å²) in [6, 6.07) is 12.0. The number of rotatable bonds is 4. The van der Waals surface area contributed by atoms with Crippen LogP contribution in [0.2, 0.25) is 0 Å². The topological polar surface area (TPSA) is 73.1 Å². The van der Waals surface area contributed by atoms with Crippen molar-refractivity contribution in [3.63, 3.8) is 0 Å². The van der Waals surface area contributed by atoms with Crippen molar-refractivity contribution in [3.8, 4) is 6.07 Å². The van der Waals surface area contributed by atoms with Gasteiger partial charge in [0.2, 0.25) is 0 Å². The molecule has 1 fully saturated rings. The van der Waals surface area contributed by atoms with E-state index in [0.717, 1.165) is 5.56 Å². The molecule has 0 unspecified atom stereocenters. The van der Waals surface area contributed by atoms with Crippen LogP contribution in [0, 0.1) is 17.2 Å².